The molecule has 0 aromatic heterocycles. The Hall–Kier alpha value is -1.09. The number of benzene rings is 1. The molecule has 0 amide bonds. The molecule has 0 aliphatic rings. The first-order valence-electron chi connectivity index (χ1n) is 6.00. The molecule has 2 unspecified atom stereocenters. The van der Waals surface area contributed by atoms with Gasteiger partial charge in [-0.1, -0.05) is 19.9 Å². The summed E-state index contributed by atoms with van der Waals surface area (Å²) in [6, 6.07) is 5.45. The molecule has 2 atom stereocenters. The van der Waals surface area contributed by atoms with Gasteiger partial charge in [-0.25, -0.2) is 4.39 Å². The van der Waals surface area contributed by atoms with Crippen molar-refractivity contribution in [3.63, 3.8) is 0 Å². The Morgan fingerprint density at radius 3 is 2.41 bits per heavy atom. The lowest BCUT2D eigenvalue weighted by Crippen LogP contribution is -2.25. The minimum Gasteiger partial charge on any atom is -0.497 e. The summed E-state index contributed by atoms with van der Waals surface area (Å²) in [4.78, 5) is 0. The Kier molecular flexibility index (Phi) is 4.94. The maximum atomic E-state index is 14.4. The third-order valence-electron chi connectivity index (χ3n) is 3.28. The fraction of sp³-hybridized carbons (Fsp3) is 0.571. The van der Waals surface area contributed by atoms with Gasteiger partial charge < -0.3 is 10.5 Å². The number of methoxy groups -OCH3 is 1. The predicted molar refractivity (Wildman–Crippen MR) is 69.0 cm³/mol. The summed E-state index contributed by atoms with van der Waals surface area (Å²) in [5.74, 6) is 0.853. The van der Waals surface area contributed by atoms with Crippen LogP contribution in [0, 0.1) is 18.8 Å². The van der Waals surface area contributed by atoms with Crippen molar-refractivity contribution in [2.75, 3.05) is 13.7 Å². The average molecular weight is 239 g/mol. The van der Waals surface area contributed by atoms with Crippen molar-refractivity contribution in [1.29, 1.82) is 0 Å². The first-order valence-corrected chi connectivity index (χ1v) is 6.00. The Bertz CT molecular complexity index is 365. The van der Waals surface area contributed by atoms with Gasteiger partial charge in [0.1, 0.15) is 11.9 Å². The summed E-state index contributed by atoms with van der Waals surface area (Å²) in [6.07, 6.45) is -1.01. The SMILES string of the molecule is COc1ccc(C(F)C(CN)C(C)C)c(C)c1. The molecule has 0 aliphatic heterocycles. The van der Waals surface area contributed by atoms with Gasteiger partial charge in [-0.3, -0.25) is 0 Å². The third-order valence-corrected chi connectivity index (χ3v) is 3.28. The normalized spacial score (nSPS) is 14.8. The highest BCUT2D eigenvalue weighted by atomic mass is 19.1. The lowest BCUT2D eigenvalue weighted by molar-refractivity contribution is 0.188. The van der Waals surface area contributed by atoms with Crippen LogP contribution in [0.3, 0.4) is 0 Å². The van der Waals surface area contributed by atoms with Crippen molar-refractivity contribution in [3.8, 4) is 5.75 Å². The van der Waals surface area contributed by atoms with E-state index in [1.165, 1.54) is 0 Å². The van der Waals surface area contributed by atoms with Crippen LogP contribution in [0.2, 0.25) is 0 Å². The van der Waals surface area contributed by atoms with E-state index in [4.69, 9.17) is 10.5 Å². The molecule has 3 heteroatoms. The Labute approximate surface area is 103 Å². The summed E-state index contributed by atoms with van der Waals surface area (Å²) < 4.78 is 19.5. The minimum absolute atomic E-state index is 0.137. The van der Waals surface area contributed by atoms with Gasteiger partial charge in [-0.2, -0.15) is 0 Å². The van der Waals surface area contributed by atoms with Crippen molar-refractivity contribution in [2.24, 2.45) is 17.6 Å². The van der Waals surface area contributed by atoms with E-state index >= 15 is 0 Å². The largest absolute Gasteiger partial charge is 0.497 e. The molecule has 17 heavy (non-hydrogen) atoms. The van der Waals surface area contributed by atoms with Gasteiger partial charge in [0.25, 0.3) is 0 Å². The van der Waals surface area contributed by atoms with Crippen molar-refractivity contribution in [2.45, 2.75) is 26.9 Å². The lowest BCUT2D eigenvalue weighted by Gasteiger charge is -2.24. The van der Waals surface area contributed by atoms with E-state index in [2.05, 4.69) is 0 Å². The molecule has 0 spiro atoms. The molecule has 2 nitrogen and oxygen atoms in total. The number of alkyl halides is 1. The maximum Gasteiger partial charge on any atom is 0.130 e. The number of nitrogens with two attached hydrogens (primary N) is 1. The molecule has 0 saturated heterocycles. The highest BCUT2D eigenvalue weighted by Crippen LogP contribution is 2.33. The minimum atomic E-state index is -1.01. The van der Waals surface area contributed by atoms with Crippen LogP contribution in [0.5, 0.6) is 5.75 Å². The summed E-state index contributed by atoms with van der Waals surface area (Å²) in [5, 5.41) is 0. The standard InChI is InChI=1S/C14H22FNO/c1-9(2)13(8-16)14(15)12-6-5-11(17-4)7-10(12)3/h5-7,9,13-14H,8,16H2,1-4H3. The highest BCUT2D eigenvalue weighted by Gasteiger charge is 2.25. The predicted octanol–water partition coefficient (Wildman–Crippen LogP) is 3.25. The monoisotopic (exact) mass is 239 g/mol. The van der Waals surface area contributed by atoms with E-state index in [1.807, 2.05) is 26.8 Å². The van der Waals surface area contributed by atoms with Crippen molar-refractivity contribution < 1.29 is 9.13 Å². The summed E-state index contributed by atoms with van der Waals surface area (Å²) in [7, 11) is 1.61. The molecule has 1 aromatic carbocycles. The van der Waals surface area contributed by atoms with Crippen molar-refractivity contribution in [1.82, 2.24) is 0 Å². The molecule has 0 saturated carbocycles. The zero-order valence-electron chi connectivity index (χ0n) is 11.0. The fourth-order valence-electron chi connectivity index (χ4n) is 2.04. The number of hydrogen-bond acceptors (Lipinski definition) is 2. The summed E-state index contributed by atoms with van der Waals surface area (Å²) in [6.45, 7) is 6.27. The van der Waals surface area contributed by atoms with E-state index in [9.17, 15) is 4.39 Å². The van der Waals surface area contributed by atoms with Crippen LogP contribution in [0.15, 0.2) is 18.2 Å². The van der Waals surface area contributed by atoms with Gasteiger partial charge in [0.2, 0.25) is 0 Å². The van der Waals surface area contributed by atoms with Gasteiger partial charge in [0, 0.05) is 5.92 Å². The quantitative estimate of drug-likeness (QED) is 0.856. The maximum absolute atomic E-state index is 14.4. The average Bonchev–Trinajstić information content (AvgIpc) is 2.28. The number of hydrogen-bond donors (Lipinski definition) is 1. The first-order chi connectivity index (χ1) is 8.01. The molecule has 0 radical (unpaired) electrons. The Morgan fingerprint density at radius 2 is 2.00 bits per heavy atom. The van der Waals surface area contributed by atoms with Gasteiger partial charge in [-0.15, -0.1) is 0 Å². The van der Waals surface area contributed by atoms with E-state index in [0.29, 0.717) is 6.54 Å². The van der Waals surface area contributed by atoms with Gasteiger partial charge >= 0.3 is 0 Å². The summed E-state index contributed by atoms with van der Waals surface area (Å²) in [5.41, 5.74) is 7.28. The topological polar surface area (TPSA) is 35.2 Å². The second-order valence-corrected chi connectivity index (χ2v) is 4.77. The van der Waals surface area contributed by atoms with Crippen LogP contribution in [0.1, 0.15) is 31.1 Å². The van der Waals surface area contributed by atoms with Gasteiger partial charge in [0.15, 0.2) is 0 Å². The highest BCUT2D eigenvalue weighted by molar-refractivity contribution is 5.36. The molecule has 0 aliphatic carbocycles. The molecule has 96 valence electrons. The molecule has 2 N–H and O–H groups in total. The first kappa shape index (κ1) is 14.0. The molecule has 1 aromatic rings. The Balaban J connectivity index is 2.99. The van der Waals surface area contributed by atoms with Crippen LogP contribution in [-0.4, -0.2) is 13.7 Å². The third kappa shape index (κ3) is 3.19. The lowest BCUT2D eigenvalue weighted by atomic mass is 9.86. The van der Waals surface area contributed by atoms with Gasteiger partial charge in [0.05, 0.1) is 7.11 Å². The molecule has 0 fully saturated rings. The van der Waals surface area contributed by atoms with E-state index in [1.54, 1.807) is 19.2 Å². The van der Waals surface area contributed by atoms with Crippen LogP contribution >= 0.6 is 0 Å². The smallest absolute Gasteiger partial charge is 0.130 e. The molecular weight excluding hydrogens is 217 g/mol. The number of aryl methyl sites for hydroxylation is 1. The van der Waals surface area contributed by atoms with Crippen molar-refractivity contribution >= 4 is 0 Å². The van der Waals surface area contributed by atoms with E-state index in [-0.39, 0.29) is 11.8 Å². The molecular formula is C14H22FNO. The number of ether oxygens (including phenoxy) is 1. The molecule has 1 rings (SSSR count). The second-order valence-electron chi connectivity index (χ2n) is 4.77. The molecule has 0 bridgehead atoms. The zero-order valence-corrected chi connectivity index (χ0v) is 11.0. The number of halogens is 1. The van der Waals surface area contributed by atoms with Crippen LogP contribution < -0.4 is 10.5 Å². The second kappa shape index (κ2) is 6.01. The summed E-state index contributed by atoms with van der Waals surface area (Å²) >= 11 is 0. The van der Waals surface area contributed by atoms with Crippen LogP contribution in [0.4, 0.5) is 4.39 Å². The Morgan fingerprint density at radius 1 is 1.35 bits per heavy atom. The van der Waals surface area contributed by atoms with Crippen LogP contribution in [0.25, 0.3) is 0 Å². The van der Waals surface area contributed by atoms with Gasteiger partial charge in [-0.05, 0) is 42.6 Å². The fourth-order valence-corrected chi connectivity index (χ4v) is 2.04. The van der Waals surface area contributed by atoms with E-state index in [0.717, 1.165) is 16.9 Å². The molecule has 0 heterocycles. The zero-order chi connectivity index (χ0) is 13.0. The van der Waals surface area contributed by atoms with E-state index < -0.39 is 6.17 Å². The van der Waals surface area contributed by atoms with Crippen molar-refractivity contribution in [3.05, 3.63) is 29.3 Å². The van der Waals surface area contributed by atoms with Crippen LogP contribution in [-0.2, 0) is 0 Å². The number of rotatable bonds is 5.